The number of hydrogen-bond donors (Lipinski definition) is 0. The normalized spacial score (nSPS) is 19.9. The van der Waals surface area contributed by atoms with Gasteiger partial charge >= 0.3 is 224 Å². The van der Waals surface area contributed by atoms with Gasteiger partial charge in [-0.1, -0.05) is 0 Å². The van der Waals surface area contributed by atoms with Crippen LogP contribution in [-0.4, -0.2) is 0 Å². The Morgan fingerprint density at radius 3 is 1.59 bits per heavy atom. The molecule has 5 aromatic rings. The molecule has 1 nitrogen and oxygen atoms in total. The second-order valence-electron chi connectivity index (χ2n) is 10.1. The van der Waals surface area contributed by atoms with Gasteiger partial charge in [0.05, 0.1) is 0 Å². The Hall–Kier alpha value is -3.22. The van der Waals surface area contributed by atoms with E-state index in [4.69, 9.17) is 16.1 Å². The van der Waals surface area contributed by atoms with Crippen molar-refractivity contribution >= 4 is 39.6 Å². The second kappa shape index (κ2) is 8.67. The molecule has 2 aliphatic rings. The number of benzene rings is 5. The summed E-state index contributed by atoms with van der Waals surface area (Å²) in [6.07, 6.45) is 3.27. The molecule has 7 rings (SSSR count). The molecule has 1 unspecified atom stereocenters. The second-order valence-corrected chi connectivity index (χ2v) is 14.9. The van der Waals surface area contributed by atoms with E-state index in [1.54, 1.807) is 0 Å². The molecule has 1 heterocycles. The summed E-state index contributed by atoms with van der Waals surface area (Å²) in [5, 5.41) is 5.79. The minimum atomic E-state index is -3.60. The van der Waals surface area contributed by atoms with E-state index in [9.17, 15) is 0 Å². The van der Waals surface area contributed by atoms with Crippen LogP contribution >= 0.6 is 18.4 Å². The molecule has 3 heteroatoms. The topological polar surface area (TPSA) is 9.23 Å². The van der Waals surface area contributed by atoms with E-state index in [1.807, 2.05) is 12.1 Å². The number of aryl methyl sites for hydroxylation is 2. The third kappa shape index (κ3) is 3.18. The van der Waals surface area contributed by atoms with Crippen LogP contribution in [0.15, 0.2) is 127 Å². The molecular formula is C34H28ClOP. The monoisotopic (exact) mass is 518 g/mol. The fourth-order valence-electron chi connectivity index (χ4n) is 6.60. The van der Waals surface area contributed by atoms with Gasteiger partial charge in [-0.05, 0) is 0 Å². The van der Waals surface area contributed by atoms with Crippen molar-refractivity contribution in [3.8, 4) is 0 Å². The summed E-state index contributed by atoms with van der Waals surface area (Å²) in [4.78, 5) is 0. The number of fused-ring (bicyclic) bond motifs is 2. The Labute approximate surface area is 223 Å². The van der Waals surface area contributed by atoms with Crippen LogP contribution in [-0.2, 0) is 17.4 Å². The zero-order chi connectivity index (χ0) is 24.9. The molecule has 1 aliphatic carbocycles. The molecule has 0 spiro atoms. The first-order valence-electron chi connectivity index (χ1n) is 13.0. The Kier molecular flexibility index (Phi) is 5.38. The zero-order valence-electron chi connectivity index (χ0n) is 20.6. The first-order chi connectivity index (χ1) is 18.2. The molecule has 1 aliphatic heterocycles. The third-order valence-electron chi connectivity index (χ3n) is 8.22. The van der Waals surface area contributed by atoms with Crippen LogP contribution in [0.4, 0.5) is 0 Å². The maximum absolute atomic E-state index is 7.86. The van der Waals surface area contributed by atoms with Crippen LogP contribution in [0.5, 0.6) is 0 Å². The van der Waals surface area contributed by atoms with Crippen molar-refractivity contribution in [2.75, 3.05) is 0 Å². The van der Waals surface area contributed by atoms with E-state index in [0.717, 1.165) is 23.4 Å². The molecule has 0 saturated carbocycles. The summed E-state index contributed by atoms with van der Waals surface area (Å²) in [7, 11) is 0. The van der Waals surface area contributed by atoms with Crippen LogP contribution in [0.3, 0.4) is 0 Å². The molecule has 0 radical (unpaired) electrons. The van der Waals surface area contributed by atoms with Crippen LogP contribution in [0, 0.1) is 0 Å². The molecule has 1 atom stereocenters. The Bertz CT molecular complexity index is 1480. The van der Waals surface area contributed by atoms with Crippen LogP contribution < -0.4 is 21.2 Å². The fraction of sp³-hybridized carbons (Fsp3) is 0.118. The molecule has 182 valence electrons. The van der Waals surface area contributed by atoms with Gasteiger partial charge in [0.2, 0.25) is 0 Å². The molecule has 0 aromatic heterocycles. The van der Waals surface area contributed by atoms with Gasteiger partial charge in [-0.15, -0.1) is 0 Å². The fourth-order valence-corrected chi connectivity index (χ4v) is 12.9. The van der Waals surface area contributed by atoms with E-state index in [2.05, 4.69) is 115 Å². The average molecular weight is 519 g/mol. The summed E-state index contributed by atoms with van der Waals surface area (Å²) in [5.41, 5.74) is 5.36. The predicted octanol–water partition coefficient (Wildman–Crippen LogP) is 7.02. The summed E-state index contributed by atoms with van der Waals surface area (Å²) in [6.45, 7) is -3.60. The molecular weight excluding hydrogens is 491 g/mol. The van der Waals surface area contributed by atoms with Crippen LogP contribution in [0.1, 0.15) is 34.8 Å². The molecule has 0 saturated heterocycles. The predicted molar refractivity (Wildman–Crippen MR) is 158 cm³/mol. The summed E-state index contributed by atoms with van der Waals surface area (Å²) in [5.74, 6) is 0. The summed E-state index contributed by atoms with van der Waals surface area (Å²) < 4.78 is 7.86. The van der Waals surface area contributed by atoms with Crippen LogP contribution in [0.2, 0.25) is 5.02 Å². The minimum absolute atomic E-state index is 0.198. The van der Waals surface area contributed by atoms with Crippen molar-refractivity contribution in [3.05, 3.63) is 155 Å². The van der Waals surface area contributed by atoms with Crippen LogP contribution in [0.25, 0.3) is 0 Å². The van der Waals surface area contributed by atoms with Gasteiger partial charge in [0, 0.05) is 0 Å². The third-order valence-corrected chi connectivity index (χ3v) is 14.3. The van der Waals surface area contributed by atoms with Crippen molar-refractivity contribution < 1.29 is 4.52 Å². The SMILES string of the molecule is Clc1ccc(C2OP(c3ccccc3)(c3ccccc3)(c3ccccc3)c3cc4c(cc32)CCC4)cc1. The average Bonchev–Trinajstić information content (AvgIpc) is 3.55. The van der Waals surface area contributed by atoms with Crippen molar-refractivity contribution in [3.63, 3.8) is 0 Å². The standard InChI is InChI=1S/C34H28ClOP/c35-28-21-19-25(20-22-28)34-32-23-26-11-10-12-27(26)24-33(32)37(36-34,29-13-4-1-5-14-29,30-15-6-2-7-16-30)31-17-8-3-9-18-31/h1-9,13-24,34H,10-12H2. The van der Waals surface area contributed by atoms with E-state index < -0.39 is 6.83 Å². The molecule has 0 amide bonds. The van der Waals surface area contributed by atoms with Gasteiger partial charge < -0.3 is 0 Å². The molecule has 37 heavy (non-hydrogen) atoms. The number of halogens is 1. The van der Waals surface area contributed by atoms with Gasteiger partial charge in [-0.3, -0.25) is 0 Å². The molecule has 5 aromatic carbocycles. The van der Waals surface area contributed by atoms with E-state index in [1.165, 1.54) is 44.3 Å². The van der Waals surface area contributed by atoms with E-state index in [0.29, 0.717) is 0 Å². The number of hydrogen-bond acceptors (Lipinski definition) is 1. The van der Waals surface area contributed by atoms with E-state index in [-0.39, 0.29) is 6.10 Å². The first kappa shape index (κ1) is 22.9. The van der Waals surface area contributed by atoms with Gasteiger partial charge in [0.25, 0.3) is 0 Å². The summed E-state index contributed by atoms with van der Waals surface area (Å²) >= 11 is 6.33. The quantitative estimate of drug-likeness (QED) is 0.232. The first-order valence-corrected chi connectivity index (χ1v) is 15.5. The molecule has 0 N–H and O–H groups in total. The molecule has 0 fully saturated rings. The van der Waals surface area contributed by atoms with E-state index >= 15 is 0 Å². The zero-order valence-corrected chi connectivity index (χ0v) is 22.2. The Morgan fingerprint density at radius 1 is 0.595 bits per heavy atom. The van der Waals surface area contributed by atoms with Gasteiger partial charge in [-0.25, -0.2) is 0 Å². The van der Waals surface area contributed by atoms with Crippen molar-refractivity contribution in [2.45, 2.75) is 25.4 Å². The van der Waals surface area contributed by atoms with Crippen molar-refractivity contribution in [2.24, 2.45) is 0 Å². The summed E-state index contributed by atoms with van der Waals surface area (Å²) in [6, 6.07) is 46.1. The molecule has 0 bridgehead atoms. The Morgan fingerprint density at radius 2 is 1.08 bits per heavy atom. The maximum atomic E-state index is 7.86. The van der Waals surface area contributed by atoms with Crippen molar-refractivity contribution in [1.82, 2.24) is 0 Å². The number of rotatable bonds is 4. The Balaban J connectivity index is 1.68. The van der Waals surface area contributed by atoms with Gasteiger partial charge in [0.1, 0.15) is 0 Å². The van der Waals surface area contributed by atoms with Gasteiger partial charge in [0.15, 0.2) is 0 Å². The van der Waals surface area contributed by atoms with Gasteiger partial charge in [-0.2, -0.15) is 0 Å². The van der Waals surface area contributed by atoms with Crippen molar-refractivity contribution in [1.29, 1.82) is 0 Å².